The molecule has 0 fully saturated rings. The molecule has 2 rings (SSSR count). The van der Waals surface area contributed by atoms with E-state index in [1.165, 1.54) is 30.3 Å². The first-order chi connectivity index (χ1) is 8.08. The lowest BCUT2D eigenvalue weighted by atomic mass is 10.0. The van der Waals surface area contributed by atoms with Crippen LogP contribution in [0.15, 0.2) is 42.5 Å². The summed E-state index contributed by atoms with van der Waals surface area (Å²) in [5.74, 6) is -0.425. The summed E-state index contributed by atoms with van der Waals surface area (Å²) in [6, 6.07) is 10.00. The van der Waals surface area contributed by atoms with Gasteiger partial charge in [0.2, 0.25) is 0 Å². The molecular formula is C13H8FIO2. The molecule has 0 aromatic heterocycles. The summed E-state index contributed by atoms with van der Waals surface area (Å²) >= 11 is 1.95. The molecule has 4 heteroatoms. The number of phenols is 1. The van der Waals surface area contributed by atoms with Crippen LogP contribution in [0.2, 0.25) is 0 Å². The fourth-order valence-electron chi connectivity index (χ4n) is 1.42. The van der Waals surface area contributed by atoms with Gasteiger partial charge in [-0.2, -0.15) is 0 Å². The maximum atomic E-state index is 12.7. The van der Waals surface area contributed by atoms with Crippen LogP contribution in [0.25, 0.3) is 0 Å². The Kier molecular flexibility index (Phi) is 3.42. The lowest BCUT2D eigenvalue weighted by molar-refractivity contribution is 0.103. The summed E-state index contributed by atoms with van der Waals surface area (Å²) in [6.45, 7) is 0. The number of ketones is 1. The molecular weight excluding hydrogens is 334 g/mol. The highest BCUT2D eigenvalue weighted by atomic mass is 127. The largest absolute Gasteiger partial charge is 0.507 e. The second-order valence-electron chi connectivity index (χ2n) is 3.50. The molecule has 0 heterocycles. The van der Waals surface area contributed by atoms with Crippen molar-refractivity contribution in [2.45, 2.75) is 0 Å². The third kappa shape index (κ3) is 2.63. The van der Waals surface area contributed by atoms with Gasteiger partial charge in [-0.3, -0.25) is 4.79 Å². The summed E-state index contributed by atoms with van der Waals surface area (Å²) in [4.78, 5) is 12.0. The predicted molar refractivity (Wildman–Crippen MR) is 70.7 cm³/mol. The van der Waals surface area contributed by atoms with Gasteiger partial charge in [0.05, 0.1) is 3.57 Å². The molecule has 1 N–H and O–H groups in total. The zero-order valence-corrected chi connectivity index (χ0v) is 10.8. The summed E-state index contributed by atoms with van der Waals surface area (Å²) in [5.41, 5.74) is 0.895. The number of aromatic hydroxyl groups is 1. The molecule has 2 aromatic rings. The molecule has 0 amide bonds. The highest BCUT2D eigenvalue weighted by Gasteiger charge is 2.10. The van der Waals surface area contributed by atoms with Crippen molar-refractivity contribution >= 4 is 28.4 Å². The van der Waals surface area contributed by atoms with Gasteiger partial charge >= 0.3 is 0 Å². The maximum absolute atomic E-state index is 12.7. The van der Waals surface area contributed by atoms with Crippen LogP contribution in [0.3, 0.4) is 0 Å². The van der Waals surface area contributed by atoms with Crippen LogP contribution in [0.1, 0.15) is 15.9 Å². The van der Waals surface area contributed by atoms with Gasteiger partial charge in [0.1, 0.15) is 11.6 Å². The van der Waals surface area contributed by atoms with E-state index in [9.17, 15) is 14.3 Å². The number of hydrogen-bond donors (Lipinski definition) is 1. The Morgan fingerprint density at radius 1 is 1.06 bits per heavy atom. The molecule has 0 saturated heterocycles. The van der Waals surface area contributed by atoms with Crippen LogP contribution in [-0.2, 0) is 0 Å². The lowest BCUT2D eigenvalue weighted by Gasteiger charge is -2.03. The average molecular weight is 342 g/mol. The molecule has 0 bridgehead atoms. The van der Waals surface area contributed by atoms with E-state index in [0.29, 0.717) is 14.7 Å². The van der Waals surface area contributed by atoms with Gasteiger partial charge in [-0.1, -0.05) is 0 Å². The van der Waals surface area contributed by atoms with Gasteiger partial charge in [-0.25, -0.2) is 4.39 Å². The van der Waals surface area contributed by atoms with Crippen molar-refractivity contribution in [3.63, 3.8) is 0 Å². The van der Waals surface area contributed by atoms with Gasteiger partial charge in [-0.05, 0) is 65.1 Å². The third-order valence-corrected chi connectivity index (χ3v) is 3.18. The van der Waals surface area contributed by atoms with E-state index in [-0.39, 0.29) is 17.3 Å². The SMILES string of the molecule is O=C(c1ccc(F)cc1)c1ccc(O)c(I)c1. The highest BCUT2D eigenvalue weighted by Crippen LogP contribution is 2.21. The van der Waals surface area contributed by atoms with Crippen molar-refractivity contribution in [3.05, 3.63) is 63.0 Å². The molecule has 0 spiro atoms. The van der Waals surface area contributed by atoms with Crippen molar-refractivity contribution in [2.75, 3.05) is 0 Å². The second-order valence-corrected chi connectivity index (χ2v) is 4.66. The van der Waals surface area contributed by atoms with E-state index in [1.807, 2.05) is 22.6 Å². The minimum absolute atomic E-state index is 0.140. The van der Waals surface area contributed by atoms with Crippen LogP contribution in [-0.4, -0.2) is 10.9 Å². The number of hydrogen-bond acceptors (Lipinski definition) is 2. The van der Waals surface area contributed by atoms with Gasteiger partial charge in [-0.15, -0.1) is 0 Å². The second kappa shape index (κ2) is 4.83. The summed E-state index contributed by atoms with van der Waals surface area (Å²) in [5, 5.41) is 9.36. The van der Waals surface area contributed by atoms with Crippen LogP contribution < -0.4 is 0 Å². The standard InChI is InChI=1S/C13H8FIO2/c14-10-4-1-8(2-5-10)13(17)9-3-6-12(16)11(15)7-9/h1-7,16H. The van der Waals surface area contributed by atoms with Gasteiger partial charge in [0.15, 0.2) is 5.78 Å². The number of carbonyl (C=O) groups is 1. The molecule has 0 aliphatic heterocycles. The monoisotopic (exact) mass is 342 g/mol. The maximum Gasteiger partial charge on any atom is 0.193 e. The van der Waals surface area contributed by atoms with Crippen molar-refractivity contribution in [2.24, 2.45) is 0 Å². The molecule has 0 atom stereocenters. The van der Waals surface area contributed by atoms with Crippen molar-refractivity contribution in [1.82, 2.24) is 0 Å². The molecule has 0 saturated carbocycles. The zero-order chi connectivity index (χ0) is 12.4. The quantitative estimate of drug-likeness (QED) is 0.671. The van der Waals surface area contributed by atoms with Crippen LogP contribution in [0.5, 0.6) is 5.75 Å². The number of phenolic OH excluding ortho intramolecular Hbond substituents is 1. The molecule has 0 unspecified atom stereocenters. The Bertz CT molecular complexity index is 564. The van der Waals surface area contributed by atoms with Crippen LogP contribution in [0.4, 0.5) is 4.39 Å². The number of halogens is 2. The molecule has 2 nitrogen and oxygen atoms in total. The third-order valence-electron chi connectivity index (χ3n) is 2.32. The number of carbonyl (C=O) groups excluding carboxylic acids is 1. The Morgan fingerprint density at radius 3 is 2.24 bits per heavy atom. The minimum Gasteiger partial charge on any atom is -0.507 e. The van der Waals surface area contributed by atoms with Crippen molar-refractivity contribution < 1.29 is 14.3 Å². The first kappa shape index (κ1) is 12.0. The molecule has 0 aliphatic rings. The fraction of sp³-hybridized carbons (Fsp3) is 0. The molecule has 17 heavy (non-hydrogen) atoms. The molecule has 2 aromatic carbocycles. The van der Waals surface area contributed by atoms with E-state index in [1.54, 1.807) is 12.1 Å². The highest BCUT2D eigenvalue weighted by molar-refractivity contribution is 14.1. The predicted octanol–water partition coefficient (Wildman–Crippen LogP) is 3.37. The number of benzene rings is 2. The van der Waals surface area contributed by atoms with E-state index < -0.39 is 0 Å². The molecule has 86 valence electrons. The van der Waals surface area contributed by atoms with Crippen molar-refractivity contribution in [1.29, 1.82) is 0 Å². The average Bonchev–Trinajstić information content (AvgIpc) is 2.33. The Hall–Kier alpha value is -1.43. The Balaban J connectivity index is 2.37. The Labute approximate surface area is 111 Å². The van der Waals surface area contributed by atoms with Gasteiger partial charge in [0, 0.05) is 11.1 Å². The first-order valence-electron chi connectivity index (χ1n) is 4.87. The summed E-state index contributed by atoms with van der Waals surface area (Å²) in [6.07, 6.45) is 0. The van der Waals surface area contributed by atoms with E-state index in [0.717, 1.165) is 0 Å². The summed E-state index contributed by atoms with van der Waals surface area (Å²) < 4.78 is 13.3. The van der Waals surface area contributed by atoms with Gasteiger partial charge < -0.3 is 5.11 Å². The topological polar surface area (TPSA) is 37.3 Å². The van der Waals surface area contributed by atoms with Gasteiger partial charge in [0.25, 0.3) is 0 Å². The van der Waals surface area contributed by atoms with E-state index in [4.69, 9.17) is 0 Å². The lowest BCUT2D eigenvalue weighted by Crippen LogP contribution is -2.01. The zero-order valence-electron chi connectivity index (χ0n) is 8.65. The minimum atomic E-state index is -0.373. The smallest absolute Gasteiger partial charge is 0.193 e. The van der Waals surface area contributed by atoms with E-state index >= 15 is 0 Å². The first-order valence-corrected chi connectivity index (χ1v) is 5.94. The molecule has 0 radical (unpaired) electrons. The van der Waals surface area contributed by atoms with E-state index in [2.05, 4.69) is 0 Å². The fourth-order valence-corrected chi connectivity index (χ4v) is 1.93. The van der Waals surface area contributed by atoms with Crippen LogP contribution in [0, 0.1) is 9.39 Å². The Morgan fingerprint density at radius 2 is 1.65 bits per heavy atom. The molecule has 0 aliphatic carbocycles. The van der Waals surface area contributed by atoms with Crippen molar-refractivity contribution in [3.8, 4) is 5.75 Å². The normalized spacial score (nSPS) is 10.2. The number of rotatable bonds is 2. The summed E-state index contributed by atoms with van der Waals surface area (Å²) in [7, 11) is 0. The van der Waals surface area contributed by atoms with Crippen LogP contribution >= 0.6 is 22.6 Å².